The lowest BCUT2D eigenvalue weighted by Gasteiger charge is -2.32. The molecule has 0 saturated carbocycles. The predicted molar refractivity (Wildman–Crippen MR) is 152 cm³/mol. The van der Waals surface area contributed by atoms with Crippen LogP contribution in [0.1, 0.15) is 63.0 Å². The number of aromatic carboxylic acids is 1. The van der Waals surface area contributed by atoms with E-state index in [9.17, 15) is 23.5 Å². The molecule has 0 bridgehead atoms. The van der Waals surface area contributed by atoms with Crippen LogP contribution in [0.5, 0.6) is 0 Å². The summed E-state index contributed by atoms with van der Waals surface area (Å²) in [7, 11) is 0. The highest BCUT2D eigenvalue weighted by Crippen LogP contribution is 2.30. The number of halogens is 2. The molecule has 0 unspecified atom stereocenters. The molecule has 10 nitrogen and oxygen atoms in total. The summed E-state index contributed by atoms with van der Waals surface area (Å²) in [6.45, 7) is 3.20. The summed E-state index contributed by atoms with van der Waals surface area (Å²) in [6, 6.07) is 13.4. The van der Waals surface area contributed by atoms with Gasteiger partial charge in [0.1, 0.15) is 23.3 Å². The number of imidazole rings is 1. The van der Waals surface area contributed by atoms with E-state index in [1.807, 2.05) is 16.7 Å². The Labute approximate surface area is 245 Å². The molecular formula is C31H28F2N6O4. The van der Waals surface area contributed by atoms with Gasteiger partial charge >= 0.3 is 5.97 Å². The lowest BCUT2D eigenvalue weighted by atomic mass is 9.93. The monoisotopic (exact) mass is 586 g/mol. The average molecular weight is 587 g/mol. The number of ether oxygens (including phenoxy) is 1. The minimum absolute atomic E-state index is 0.00691. The lowest BCUT2D eigenvalue weighted by Crippen LogP contribution is -2.35. The highest BCUT2D eigenvalue weighted by atomic mass is 19.1. The molecule has 2 aromatic carbocycles. The van der Waals surface area contributed by atoms with Crippen LogP contribution in [0.4, 0.5) is 14.6 Å². The lowest BCUT2D eigenvalue weighted by molar-refractivity contribution is -0.0592. The zero-order valence-electron chi connectivity index (χ0n) is 23.1. The third-order valence-corrected chi connectivity index (χ3v) is 8.05. The largest absolute Gasteiger partial charge is 0.478 e. The van der Waals surface area contributed by atoms with E-state index in [1.54, 1.807) is 12.1 Å². The number of nitriles is 1. The molecule has 2 aliphatic rings. The van der Waals surface area contributed by atoms with Gasteiger partial charge in [0, 0.05) is 24.3 Å². The minimum Gasteiger partial charge on any atom is -0.478 e. The van der Waals surface area contributed by atoms with Crippen molar-refractivity contribution in [1.29, 1.82) is 5.26 Å². The van der Waals surface area contributed by atoms with E-state index in [4.69, 9.17) is 10.00 Å². The number of piperidine rings is 1. The number of rotatable bonds is 8. The number of hydrogen-bond donors (Lipinski definition) is 2. The van der Waals surface area contributed by atoms with Gasteiger partial charge in [-0.05, 0) is 68.8 Å². The Balaban J connectivity index is 1.13. The van der Waals surface area contributed by atoms with Crippen LogP contribution in [-0.2, 0) is 17.8 Å². The summed E-state index contributed by atoms with van der Waals surface area (Å²) >= 11 is 0. The van der Waals surface area contributed by atoms with Gasteiger partial charge in [0.15, 0.2) is 0 Å². The molecule has 0 spiro atoms. The number of carbonyl (C=O) groups is 2. The van der Waals surface area contributed by atoms with Crippen LogP contribution in [0.25, 0.3) is 11.0 Å². The molecule has 2 aromatic heterocycles. The van der Waals surface area contributed by atoms with E-state index in [-0.39, 0.29) is 28.7 Å². The highest BCUT2D eigenvalue weighted by Gasteiger charge is 2.27. The number of carboxylic acids is 1. The first-order valence-electron chi connectivity index (χ1n) is 14.0. The second-order valence-electron chi connectivity index (χ2n) is 10.8. The van der Waals surface area contributed by atoms with Gasteiger partial charge in [-0.15, -0.1) is 0 Å². The molecule has 6 rings (SSSR count). The molecule has 220 valence electrons. The first-order chi connectivity index (χ1) is 20.8. The molecule has 1 amide bonds. The van der Waals surface area contributed by atoms with Crippen molar-refractivity contribution in [3.8, 4) is 6.07 Å². The second-order valence-corrected chi connectivity index (χ2v) is 10.8. The van der Waals surface area contributed by atoms with Crippen LogP contribution in [0.15, 0.2) is 48.5 Å². The molecule has 2 fully saturated rings. The minimum atomic E-state index is -1.32. The van der Waals surface area contributed by atoms with Gasteiger partial charge in [-0.25, -0.2) is 23.5 Å². The zero-order chi connectivity index (χ0) is 30.1. The average Bonchev–Trinajstić information content (AvgIpc) is 3.29. The molecule has 4 aromatic rings. The topological polar surface area (TPSA) is 133 Å². The maximum atomic E-state index is 14.4. The van der Waals surface area contributed by atoms with Crippen molar-refractivity contribution in [3.63, 3.8) is 0 Å². The highest BCUT2D eigenvalue weighted by molar-refractivity contribution is 6.04. The number of benzene rings is 2. The van der Waals surface area contributed by atoms with Crippen LogP contribution in [0.2, 0.25) is 0 Å². The quantitative estimate of drug-likeness (QED) is 0.304. The van der Waals surface area contributed by atoms with Crippen LogP contribution in [0, 0.1) is 23.0 Å². The fraction of sp³-hybridized carbons (Fsp3) is 0.323. The van der Waals surface area contributed by atoms with Crippen molar-refractivity contribution in [2.24, 2.45) is 0 Å². The number of likely N-dealkylation sites (tertiary alicyclic amines) is 1. The van der Waals surface area contributed by atoms with Crippen molar-refractivity contribution in [1.82, 2.24) is 19.4 Å². The first kappa shape index (κ1) is 28.4. The second kappa shape index (κ2) is 11.9. The van der Waals surface area contributed by atoms with E-state index < -0.39 is 23.5 Å². The maximum Gasteiger partial charge on any atom is 0.338 e. The van der Waals surface area contributed by atoms with E-state index in [1.165, 1.54) is 24.3 Å². The smallest absolute Gasteiger partial charge is 0.338 e. The molecule has 0 aliphatic carbocycles. The standard InChI is InChI=1S/C31H28F2N6O4/c32-23-12-18(15-34)4-5-21(23)30(40)37-28-3-1-2-25(35-28)19-6-9-38(10-7-19)17-29-36-26-14-24(33)22(31(41)42)13-27(26)39(29)16-20-8-11-43-20/h1-5,12-14,19-20H,6-11,16-17H2,(H,41,42)(H,35,37,40)/t20-/m0/s1. The Morgan fingerprint density at radius 2 is 1.81 bits per heavy atom. The maximum absolute atomic E-state index is 14.4. The van der Waals surface area contributed by atoms with Gasteiger partial charge < -0.3 is 19.7 Å². The van der Waals surface area contributed by atoms with E-state index in [0.717, 1.165) is 49.9 Å². The van der Waals surface area contributed by atoms with E-state index in [0.29, 0.717) is 36.5 Å². The summed E-state index contributed by atoms with van der Waals surface area (Å²) in [5.41, 5.74) is 1.38. The van der Waals surface area contributed by atoms with Crippen LogP contribution < -0.4 is 5.32 Å². The summed E-state index contributed by atoms with van der Waals surface area (Å²) in [5, 5.41) is 21.0. The number of nitrogens with zero attached hydrogens (tertiary/aromatic N) is 5. The van der Waals surface area contributed by atoms with Gasteiger partial charge in [-0.2, -0.15) is 5.26 Å². The van der Waals surface area contributed by atoms with Gasteiger partial charge in [0.25, 0.3) is 5.91 Å². The van der Waals surface area contributed by atoms with Crippen LogP contribution in [0.3, 0.4) is 0 Å². The van der Waals surface area contributed by atoms with E-state index >= 15 is 0 Å². The fourth-order valence-electron chi connectivity index (χ4n) is 5.60. The number of fused-ring (bicyclic) bond motifs is 1. The molecule has 2 aliphatic heterocycles. The van der Waals surface area contributed by atoms with Gasteiger partial charge in [-0.1, -0.05) is 6.07 Å². The molecular weight excluding hydrogens is 558 g/mol. The van der Waals surface area contributed by atoms with Crippen molar-refractivity contribution in [2.45, 2.75) is 44.4 Å². The summed E-state index contributed by atoms with van der Waals surface area (Å²) in [6.07, 6.45) is 2.51. The Morgan fingerprint density at radius 1 is 1.05 bits per heavy atom. The number of carboxylic acid groups (broad SMARTS) is 1. The van der Waals surface area contributed by atoms with Crippen molar-refractivity contribution < 1.29 is 28.2 Å². The number of hydrogen-bond acceptors (Lipinski definition) is 7. The van der Waals surface area contributed by atoms with Gasteiger partial charge in [-0.3, -0.25) is 9.69 Å². The number of amides is 1. The first-order valence-corrected chi connectivity index (χ1v) is 14.0. The van der Waals surface area contributed by atoms with Gasteiger partial charge in [0.2, 0.25) is 0 Å². The number of carbonyl (C=O) groups excluding carboxylic acids is 1. The number of nitrogens with one attached hydrogen (secondary N) is 1. The van der Waals surface area contributed by atoms with Crippen molar-refractivity contribution in [3.05, 3.63) is 88.4 Å². The van der Waals surface area contributed by atoms with Gasteiger partial charge in [0.05, 0.1) is 53.0 Å². The Kier molecular flexibility index (Phi) is 7.84. The Hall–Kier alpha value is -4.73. The molecule has 12 heteroatoms. The summed E-state index contributed by atoms with van der Waals surface area (Å²) in [5.74, 6) is -2.38. The van der Waals surface area contributed by atoms with Crippen LogP contribution >= 0.6 is 0 Å². The van der Waals surface area contributed by atoms with Crippen LogP contribution in [-0.4, -0.2) is 62.2 Å². The van der Waals surface area contributed by atoms with Crippen molar-refractivity contribution in [2.75, 3.05) is 25.0 Å². The fourth-order valence-corrected chi connectivity index (χ4v) is 5.60. The zero-order valence-corrected chi connectivity index (χ0v) is 23.1. The Bertz CT molecular complexity index is 1760. The Morgan fingerprint density at radius 3 is 2.49 bits per heavy atom. The molecule has 43 heavy (non-hydrogen) atoms. The molecule has 0 radical (unpaired) electrons. The summed E-state index contributed by atoms with van der Waals surface area (Å²) < 4.78 is 36.3. The van der Waals surface area contributed by atoms with Crippen molar-refractivity contribution >= 4 is 28.7 Å². The SMILES string of the molecule is N#Cc1ccc(C(=O)Nc2cccc(C3CCN(Cc4nc5cc(F)c(C(=O)O)cc5n4C[C@@H]4CCO4)CC3)n2)c(F)c1. The van der Waals surface area contributed by atoms with E-state index in [2.05, 4.69) is 20.2 Å². The molecule has 2 N–H and O–H groups in total. The third-order valence-electron chi connectivity index (χ3n) is 8.05. The molecule has 1 atom stereocenters. The third kappa shape index (κ3) is 5.95. The number of pyridine rings is 1. The normalized spacial score (nSPS) is 17.4. The molecule has 2 saturated heterocycles. The number of anilines is 1. The summed E-state index contributed by atoms with van der Waals surface area (Å²) in [4.78, 5) is 35.7. The molecule has 4 heterocycles. The number of aromatic nitrogens is 3. The predicted octanol–water partition coefficient (Wildman–Crippen LogP) is 4.70.